The number of amidine groups is 1. The summed E-state index contributed by atoms with van der Waals surface area (Å²) in [7, 11) is 3.16. The Morgan fingerprint density at radius 2 is 1.90 bits per heavy atom. The van der Waals surface area contributed by atoms with E-state index >= 15 is 0 Å². The molecular weight excluding hydrogens is 366 g/mol. The van der Waals surface area contributed by atoms with E-state index < -0.39 is 5.92 Å². The summed E-state index contributed by atoms with van der Waals surface area (Å²) in [5.41, 5.74) is 2.59. The smallest absolute Gasteiger partial charge is 0.162 e. The largest absolute Gasteiger partial charge is 0.493 e. The van der Waals surface area contributed by atoms with Gasteiger partial charge >= 0.3 is 0 Å². The number of nitrogens with zero attached hydrogens (tertiary/aromatic N) is 5. The second kappa shape index (κ2) is 8.15. The molecule has 2 aromatic carbocycles. The zero-order chi connectivity index (χ0) is 20.2. The van der Waals surface area contributed by atoms with Crippen molar-refractivity contribution < 1.29 is 9.47 Å². The lowest BCUT2D eigenvalue weighted by Crippen LogP contribution is -2.31. The average molecular weight is 387 g/mol. The number of rotatable bonds is 6. The van der Waals surface area contributed by atoms with Gasteiger partial charge in [-0.2, -0.15) is 15.5 Å². The number of nitriles is 1. The number of hydrogen-bond acceptors (Lipinski definition) is 7. The van der Waals surface area contributed by atoms with Crippen LogP contribution in [0.15, 0.2) is 53.7 Å². The Hall–Kier alpha value is -3.66. The summed E-state index contributed by atoms with van der Waals surface area (Å²) >= 11 is 0. The molecule has 0 amide bonds. The zero-order valence-electron chi connectivity index (χ0n) is 16.4. The first kappa shape index (κ1) is 18.7. The first-order chi connectivity index (χ1) is 14.2. The molecule has 0 N–H and O–H groups in total. The van der Waals surface area contributed by atoms with Crippen LogP contribution in [0.25, 0.3) is 10.9 Å². The van der Waals surface area contributed by atoms with Gasteiger partial charge in [-0.1, -0.05) is 30.3 Å². The third-order valence-electron chi connectivity index (χ3n) is 5.06. The van der Waals surface area contributed by atoms with E-state index in [0.29, 0.717) is 30.1 Å². The topological polar surface area (TPSA) is 83.6 Å². The van der Waals surface area contributed by atoms with E-state index in [4.69, 9.17) is 9.47 Å². The highest BCUT2D eigenvalue weighted by atomic mass is 16.5. The van der Waals surface area contributed by atoms with Gasteiger partial charge in [-0.05, 0) is 11.6 Å². The lowest BCUT2D eigenvalue weighted by Gasteiger charge is -2.24. The van der Waals surface area contributed by atoms with Crippen LogP contribution in [0.1, 0.15) is 17.0 Å². The second-order valence-corrected chi connectivity index (χ2v) is 6.73. The average Bonchev–Trinajstić information content (AvgIpc) is 3.22. The van der Waals surface area contributed by atoms with Crippen LogP contribution in [0.5, 0.6) is 11.5 Å². The van der Waals surface area contributed by atoms with E-state index in [1.165, 1.54) is 5.56 Å². The Labute approximate surface area is 169 Å². The predicted molar refractivity (Wildman–Crippen MR) is 110 cm³/mol. The van der Waals surface area contributed by atoms with Crippen molar-refractivity contribution in [3.05, 3.63) is 59.8 Å². The van der Waals surface area contributed by atoms with Gasteiger partial charge in [0, 0.05) is 30.1 Å². The van der Waals surface area contributed by atoms with Crippen LogP contribution in [0.3, 0.4) is 0 Å². The van der Waals surface area contributed by atoms with Gasteiger partial charge in [0.2, 0.25) is 0 Å². The molecule has 7 nitrogen and oxygen atoms in total. The van der Waals surface area contributed by atoms with Crippen molar-refractivity contribution in [1.82, 2.24) is 15.1 Å². The fourth-order valence-corrected chi connectivity index (χ4v) is 3.64. The number of hydrogen-bond donors (Lipinski definition) is 0. The van der Waals surface area contributed by atoms with E-state index in [9.17, 15) is 5.26 Å². The molecular formula is C22H21N5O2. The minimum atomic E-state index is -0.544. The Bertz CT molecular complexity index is 1090. The van der Waals surface area contributed by atoms with Crippen LogP contribution in [-0.4, -0.2) is 48.2 Å². The first-order valence-electron chi connectivity index (χ1n) is 9.35. The van der Waals surface area contributed by atoms with Crippen molar-refractivity contribution in [1.29, 1.82) is 5.26 Å². The van der Waals surface area contributed by atoms with Gasteiger partial charge in [0.15, 0.2) is 11.5 Å². The monoisotopic (exact) mass is 387 g/mol. The Balaban J connectivity index is 1.74. The van der Waals surface area contributed by atoms with E-state index in [1.54, 1.807) is 26.5 Å². The van der Waals surface area contributed by atoms with Crippen molar-refractivity contribution in [2.75, 3.05) is 27.3 Å². The van der Waals surface area contributed by atoms with Crippen molar-refractivity contribution in [3.63, 3.8) is 0 Å². The van der Waals surface area contributed by atoms with E-state index in [0.717, 1.165) is 23.3 Å². The minimum absolute atomic E-state index is 0.544. The van der Waals surface area contributed by atoms with Gasteiger partial charge in [0.1, 0.15) is 11.8 Å². The highest BCUT2D eigenvalue weighted by Gasteiger charge is 2.29. The highest BCUT2D eigenvalue weighted by molar-refractivity contribution is 5.97. The molecule has 0 spiro atoms. The summed E-state index contributed by atoms with van der Waals surface area (Å²) in [5, 5.41) is 19.2. The van der Waals surface area contributed by atoms with E-state index in [-0.39, 0.29) is 0 Å². The molecule has 0 bridgehead atoms. The number of benzene rings is 2. The molecule has 4 rings (SSSR count). The molecule has 3 aromatic rings. The maximum absolute atomic E-state index is 10.0. The van der Waals surface area contributed by atoms with E-state index in [2.05, 4.69) is 38.3 Å². The summed E-state index contributed by atoms with van der Waals surface area (Å²) in [6, 6.07) is 16.2. The number of methoxy groups -OCH3 is 2. The Morgan fingerprint density at radius 3 is 2.62 bits per heavy atom. The molecule has 0 radical (unpaired) electrons. The van der Waals surface area contributed by atoms with Crippen LogP contribution >= 0.6 is 0 Å². The molecule has 146 valence electrons. The molecule has 29 heavy (non-hydrogen) atoms. The SMILES string of the molecule is COc1cc2nncc(C(C#N)C3=NCCN3Cc3ccccc3)c2cc1OC. The normalized spacial score (nSPS) is 14.4. The molecule has 1 aliphatic heterocycles. The molecule has 1 atom stereocenters. The summed E-state index contributed by atoms with van der Waals surface area (Å²) in [5.74, 6) is 1.38. The van der Waals surface area contributed by atoms with Gasteiger partial charge in [0.05, 0.1) is 38.5 Å². The molecule has 0 fully saturated rings. The van der Waals surface area contributed by atoms with Crippen LogP contribution in [0.4, 0.5) is 0 Å². The van der Waals surface area contributed by atoms with Gasteiger partial charge in [0.25, 0.3) is 0 Å². The van der Waals surface area contributed by atoms with Gasteiger partial charge in [-0.25, -0.2) is 0 Å². The summed E-state index contributed by atoms with van der Waals surface area (Å²) in [4.78, 5) is 6.82. The Kier molecular flexibility index (Phi) is 5.25. The summed E-state index contributed by atoms with van der Waals surface area (Å²) in [6.45, 7) is 2.18. The fourth-order valence-electron chi connectivity index (χ4n) is 3.64. The number of ether oxygens (including phenoxy) is 2. The molecule has 0 saturated carbocycles. The quantitative estimate of drug-likeness (QED) is 0.646. The van der Waals surface area contributed by atoms with Crippen molar-refractivity contribution in [2.45, 2.75) is 12.5 Å². The molecule has 2 heterocycles. The van der Waals surface area contributed by atoms with Crippen molar-refractivity contribution >= 4 is 16.7 Å². The molecule has 0 aliphatic carbocycles. The third kappa shape index (κ3) is 3.57. The lowest BCUT2D eigenvalue weighted by atomic mass is 9.96. The second-order valence-electron chi connectivity index (χ2n) is 6.73. The van der Waals surface area contributed by atoms with Crippen molar-refractivity contribution in [3.8, 4) is 17.6 Å². The summed E-state index contributed by atoms with van der Waals surface area (Å²) in [6.07, 6.45) is 1.64. The first-order valence-corrected chi connectivity index (χ1v) is 9.35. The number of fused-ring (bicyclic) bond motifs is 1. The fraction of sp³-hybridized carbons (Fsp3) is 0.273. The van der Waals surface area contributed by atoms with Crippen molar-refractivity contribution in [2.24, 2.45) is 4.99 Å². The van der Waals surface area contributed by atoms with Crippen LogP contribution in [-0.2, 0) is 6.54 Å². The van der Waals surface area contributed by atoms with Crippen LogP contribution < -0.4 is 9.47 Å². The van der Waals surface area contributed by atoms with Crippen LogP contribution in [0.2, 0.25) is 0 Å². The van der Waals surface area contributed by atoms with Gasteiger partial charge in [-0.15, -0.1) is 0 Å². The predicted octanol–water partition coefficient (Wildman–Crippen LogP) is 3.17. The highest BCUT2D eigenvalue weighted by Crippen LogP contribution is 2.35. The molecule has 1 aromatic heterocycles. The number of aliphatic imine (C=N–C) groups is 1. The standard InChI is InChI=1S/C22H21N5O2/c1-28-20-10-16-18(13-25-26-19(16)11-21(20)29-2)17(12-23)22-24-8-9-27(22)14-15-6-4-3-5-7-15/h3-7,10-11,13,17H,8-9,14H2,1-2H3. The zero-order valence-corrected chi connectivity index (χ0v) is 16.4. The van der Waals surface area contributed by atoms with Crippen LogP contribution in [0, 0.1) is 11.3 Å². The molecule has 1 aliphatic rings. The maximum Gasteiger partial charge on any atom is 0.162 e. The number of aromatic nitrogens is 2. The summed E-state index contributed by atoms with van der Waals surface area (Å²) < 4.78 is 10.8. The maximum atomic E-state index is 10.0. The lowest BCUT2D eigenvalue weighted by molar-refractivity contribution is 0.355. The Morgan fingerprint density at radius 1 is 1.14 bits per heavy atom. The molecule has 1 unspecified atom stereocenters. The third-order valence-corrected chi connectivity index (χ3v) is 5.06. The van der Waals surface area contributed by atoms with Gasteiger partial charge < -0.3 is 14.4 Å². The minimum Gasteiger partial charge on any atom is -0.493 e. The van der Waals surface area contributed by atoms with Gasteiger partial charge in [-0.3, -0.25) is 4.99 Å². The molecule has 0 saturated heterocycles. The molecule has 7 heteroatoms. The van der Waals surface area contributed by atoms with E-state index in [1.807, 2.05) is 24.3 Å².